The number of fused-ring (bicyclic) bond motifs is 1. The topological polar surface area (TPSA) is 30.2 Å². The third-order valence-corrected chi connectivity index (χ3v) is 3.23. The van der Waals surface area contributed by atoms with Gasteiger partial charge in [-0.15, -0.1) is 24.8 Å². The lowest BCUT2D eigenvalue weighted by Crippen LogP contribution is -2.22. The highest BCUT2D eigenvalue weighted by Gasteiger charge is 2.22. The molecule has 0 radical (unpaired) electrons. The fourth-order valence-electron chi connectivity index (χ4n) is 2.54. The lowest BCUT2D eigenvalue weighted by atomic mass is 10.4. The van der Waals surface area contributed by atoms with Crippen LogP contribution in [0.25, 0.3) is 0 Å². The standard InChI is InChI=1S/C10H15N3O.2ClH/c14-10-8-9(11-4-1-2-5-11)12-6-3-7-13(10)12;;/h8H,1-7H2;2*1H. The molecule has 0 spiro atoms. The summed E-state index contributed by atoms with van der Waals surface area (Å²) < 4.78 is 4.02. The molecule has 0 amide bonds. The van der Waals surface area contributed by atoms with Crippen molar-refractivity contribution in [1.82, 2.24) is 9.36 Å². The van der Waals surface area contributed by atoms with Crippen molar-refractivity contribution in [3.8, 4) is 0 Å². The Morgan fingerprint density at radius 1 is 0.875 bits per heavy atom. The first-order valence-corrected chi connectivity index (χ1v) is 5.42. The van der Waals surface area contributed by atoms with Gasteiger partial charge in [0.1, 0.15) is 5.82 Å². The van der Waals surface area contributed by atoms with Crippen molar-refractivity contribution >= 4 is 30.6 Å². The van der Waals surface area contributed by atoms with Crippen LogP contribution in [0.1, 0.15) is 19.3 Å². The molecule has 0 aromatic carbocycles. The average molecular weight is 266 g/mol. The van der Waals surface area contributed by atoms with Gasteiger partial charge in [0.25, 0.3) is 5.56 Å². The summed E-state index contributed by atoms with van der Waals surface area (Å²) in [6.07, 6.45) is 3.63. The predicted molar refractivity (Wildman–Crippen MR) is 69.3 cm³/mol. The summed E-state index contributed by atoms with van der Waals surface area (Å²) >= 11 is 0. The van der Waals surface area contributed by atoms with E-state index in [1.54, 1.807) is 6.07 Å². The molecule has 92 valence electrons. The maximum atomic E-state index is 11.6. The third-order valence-electron chi connectivity index (χ3n) is 3.23. The molecule has 0 atom stereocenters. The van der Waals surface area contributed by atoms with Gasteiger partial charge in [-0.05, 0) is 19.3 Å². The van der Waals surface area contributed by atoms with E-state index in [4.69, 9.17) is 0 Å². The smallest absolute Gasteiger partial charge is 0.268 e. The molecule has 1 fully saturated rings. The fraction of sp³-hybridized carbons (Fsp3) is 0.700. The highest BCUT2D eigenvalue weighted by Crippen LogP contribution is 2.21. The van der Waals surface area contributed by atoms with Gasteiger partial charge in [-0.2, -0.15) is 0 Å². The Labute approximate surface area is 107 Å². The van der Waals surface area contributed by atoms with Gasteiger partial charge in [0.2, 0.25) is 0 Å². The minimum absolute atomic E-state index is 0. The zero-order valence-electron chi connectivity index (χ0n) is 9.09. The van der Waals surface area contributed by atoms with Crippen LogP contribution in [0.15, 0.2) is 10.9 Å². The molecular weight excluding hydrogens is 249 g/mol. The molecule has 3 heterocycles. The van der Waals surface area contributed by atoms with E-state index in [9.17, 15) is 4.79 Å². The molecule has 0 aliphatic carbocycles. The Bertz CT molecular complexity index is 407. The second-order valence-electron chi connectivity index (χ2n) is 4.13. The highest BCUT2D eigenvalue weighted by atomic mass is 35.5. The van der Waals surface area contributed by atoms with Gasteiger partial charge in [-0.25, -0.2) is 4.68 Å². The lowest BCUT2D eigenvalue weighted by Gasteiger charge is -2.18. The summed E-state index contributed by atoms with van der Waals surface area (Å²) in [4.78, 5) is 13.9. The fourth-order valence-corrected chi connectivity index (χ4v) is 2.54. The molecular formula is C10H17Cl2N3O. The number of rotatable bonds is 1. The van der Waals surface area contributed by atoms with Crippen LogP contribution in [0.4, 0.5) is 5.82 Å². The van der Waals surface area contributed by atoms with Gasteiger partial charge in [0.05, 0.1) is 0 Å². The molecule has 4 nitrogen and oxygen atoms in total. The number of halogens is 2. The monoisotopic (exact) mass is 265 g/mol. The molecule has 0 N–H and O–H groups in total. The Kier molecular flexibility index (Phi) is 4.33. The van der Waals surface area contributed by atoms with Crippen LogP contribution in [0, 0.1) is 0 Å². The number of aromatic nitrogens is 2. The van der Waals surface area contributed by atoms with Crippen LogP contribution < -0.4 is 10.5 Å². The van der Waals surface area contributed by atoms with Crippen LogP contribution in [0.2, 0.25) is 0 Å². The van der Waals surface area contributed by atoms with Crippen molar-refractivity contribution in [2.24, 2.45) is 0 Å². The summed E-state index contributed by atoms with van der Waals surface area (Å²) in [6.45, 7) is 4.13. The van der Waals surface area contributed by atoms with Crippen molar-refractivity contribution in [2.75, 3.05) is 18.0 Å². The molecule has 3 rings (SSSR count). The van der Waals surface area contributed by atoms with E-state index in [2.05, 4.69) is 9.58 Å². The average Bonchev–Trinajstić information content (AvgIpc) is 2.84. The van der Waals surface area contributed by atoms with Crippen molar-refractivity contribution in [3.63, 3.8) is 0 Å². The van der Waals surface area contributed by atoms with Crippen LogP contribution in [0.3, 0.4) is 0 Å². The molecule has 16 heavy (non-hydrogen) atoms. The molecule has 0 bridgehead atoms. The number of hydrogen-bond acceptors (Lipinski definition) is 2. The van der Waals surface area contributed by atoms with E-state index >= 15 is 0 Å². The second kappa shape index (κ2) is 5.15. The van der Waals surface area contributed by atoms with Gasteiger partial charge < -0.3 is 4.90 Å². The molecule has 0 saturated carbocycles. The maximum absolute atomic E-state index is 11.6. The van der Waals surface area contributed by atoms with E-state index in [0.29, 0.717) is 0 Å². The van der Waals surface area contributed by atoms with Gasteiger partial charge in [0.15, 0.2) is 0 Å². The number of anilines is 1. The van der Waals surface area contributed by atoms with Crippen LogP contribution in [-0.2, 0) is 13.1 Å². The third kappa shape index (κ3) is 1.96. The van der Waals surface area contributed by atoms with Crippen molar-refractivity contribution in [1.29, 1.82) is 0 Å². The summed E-state index contributed by atoms with van der Waals surface area (Å²) in [7, 11) is 0. The van der Waals surface area contributed by atoms with Gasteiger partial charge >= 0.3 is 0 Å². The highest BCUT2D eigenvalue weighted by molar-refractivity contribution is 5.85. The molecule has 1 aromatic heterocycles. The van der Waals surface area contributed by atoms with E-state index in [-0.39, 0.29) is 30.4 Å². The van der Waals surface area contributed by atoms with Crippen LogP contribution in [0.5, 0.6) is 0 Å². The summed E-state index contributed by atoms with van der Waals surface area (Å²) in [5, 5.41) is 0. The van der Waals surface area contributed by atoms with E-state index in [1.807, 2.05) is 4.68 Å². The van der Waals surface area contributed by atoms with Gasteiger partial charge in [-0.3, -0.25) is 9.48 Å². The van der Waals surface area contributed by atoms with Crippen LogP contribution >= 0.6 is 24.8 Å². The number of nitrogens with zero attached hydrogens (tertiary/aromatic N) is 3. The van der Waals surface area contributed by atoms with E-state index in [1.165, 1.54) is 12.8 Å². The first-order valence-electron chi connectivity index (χ1n) is 5.42. The van der Waals surface area contributed by atoms with Crippen LogP contribution in [-0.4, -0.2) is 22.5 Å². The quantitative estimate of drug-likeness (QED) is 0.771. The minimum atomic E-state index is 0. The van der Waals surface area contributed by atoms with Gasteiger partial charge in [0, 0.05) is 32.2 Å². The van der Waals surface area contributed by atoms with Crippen molar-refractivity contribution in [3.05, 3.63) is 16.4 Å². The maximum Gasteiger partial charge on any atom is 0.268 e. The zero-order chi connectivity index (χ0) is 9.54. The Hall–Kier alpha value is -0.610. The predicted octanol–water partition coefficient (Wildman–Crippen LogP) is 1.50. The SMILES string of the molecule is Cl.Cl.O=c1cc(N2CCCC2)n2n1CCC2. The van der Waals surface area contributed by atoms with Gasteiger partial charge in [-0.1, -0.05) is 0 Å². The normalized spacial score (nSPS) is 17.9. The summed E-state index contributed by atoms with van der Waals surface area (Å²) in [6, 6.07) is 1.80. The minimum Gasteiger partial charge on any atom is -0.357 e. The lowest BCUT2D eigenvalue weighted by molar-refractivity contribution is 0.589. The van der Waals surface area contributed by atoms with Crippen molar-refractivity contribution in [2.45, 2.75) is 32.4 Å². The first kappa shape index (κ1) is 13.5. The molecule has 0 unspecified atom stereocenters. The van der Waals surface area contributed by atoms with Crippen molar-refractivity contribution < 1.29 is 0 Å². The van der Waals surface area contributed by atoms with E-state index in [0.717, 1.165) is 38.4 Å². The first-order chi connectivity index (χ1) is 6.86. The molecule has 1 saturated heterocycles. The summed E-state index contributed by atoms with van der Waals surface area (Å²) in [5.74, 6) is 1.14. The largest absolute Gasteiger partial charge is 0.357 e. The second-order valence-corrected chi connectivity index (χ2v) is 4.13. The number of hydrogen-bond donors (Lipinski definition) is 0. The Morgan fingerprint density at radius 3 is 2.19 bits per heavy atom. The molecule has 1 aromatic rings. The molecule has 2 aliphatic rings. The molecule has 2 aliphatic heterocycles. The van der Waals surface area contributed by atoms with E-state index < -0.39 is 0 Å². The zero-order valence-corrected chi connectivity index (χ0v) is 10.7. The Balaban J connectivity index is 0.000000640. The summed E-state index contributed by atoms with van der Waals surface area (Å²) in [5.41, 5.74) is 0.171. The Morgan fingerprint density at radius 2 is 1.50 bits per heavy atom. The molecule has 6 heteroatoms.